The molecule has 5 nitrogen and oxygen atoms in total. The summed E-state index contributed by atoms with van der Waals surface area (Å²) in [5.41, 5.74) is -0.908. The van der Waals surface area contributed by atoms with Crippen molar-refractivity contribution in [3.63, 3.8) is 0 Å². The number of hydrogen-bond acceptors (Lipinski definition) is 4. The van der Waals surface area contributed by atoms with Crippen molar-refractivity contribution < 1.29 is 24.9 Å². The van der Waals surface area contributed by atoms with Crippen molar-refractivity contribution >= 4 is 5.97 Å². The number of rotatable bonds is 2. The largest absolute Gasteiger partial charge is 0.508 e. The molecule has 0 atom stereocenters. The van der Waals surface area contributed by atoms with E-state index in [4.69, 9.17) is 4.74 Å². The molecule has 5 heteroatoms. The summed E-state index contributed by atoms with van der Waals surface area (Å²) in [6.45, 7) is 0.669. The number of phenols is 2. The average molecular weight is 238 g/mol. The maximum Gasteiger partial charge on any atom is 0.314 e. The Kier molecular flexibility index (Phi) is 2.93. The maximum atomic E-state index is 11.5. The predicted molar refractivity (Wildman–Crippen MR) is 59.1 cm³/mol. The summed E-state index contributed by atoms with van der Waals surface area (Å²) in [6.07, 6.45) is 0.582. The normalized spacial score (nSPS) is 18.8. The summed E-state index contributed by atoms with van der Waals surface area (Å²) in [6, 6.07) is 3.95. The first kappa shape index (κ1) is 11.7. The van der Waals surface area contributed by atoms with Gasteiger partial charge in [-0.2, -0.15) is 0 Å². The van der Waals surface area contributed by atoms with E-state index in [2.05, 4.69) is 0 Å². The molecule has 0 radical (unpaired) electrons. The molecule has 0 unspecified atom stereocenters. The number of aromatic hydroxyl groups is 2. The van der Waals surface area contributed by atoms with Gasteiger partial charge in [-0.05, 0) is 31.0 Å². The van der Waals surface area contributed by atoms with Crippen LogP contribution in [0.3, 0.4) is 0 Å². The van der Waals surface area contributed by atoms with Gasteiger partial charge >= 0.3 is 5.97 Å². The van der Waals surface area contributed by atoms with Crippen molar-refractivity contribution in [2.75, 3.05) is 13.2 Å². The quantitative estimate of drug-likeness (QED) is 0.674. The molecule has 1 aliphatic heterocycles. The van der Waals surface area contributed by atoms with Crippen LogP contribution in [0.2, 0.25) is 0 Å². The second kappa shape index (κ2) is 4.25. The van der Waals surface area contributed by atoms with Gasteiger partial charge in [0.15, 0.2) is 0 Å². The Morgan fingerprint density at radius 2 is 1.88 bits per heavy atom. The molecule has 2 rings (SSSR count). The lowest BCUT2D eigenvalue weighted by atomic mass is 9.74. The van der Waals surface area contributed by atoms with E-state index in [1.807, 2.05) is 0 Å². The Morgan fingerprint density at radius 1 is 1.24 bits per heavy atom. The fourth-order valence-corrected chi connectivity index (χ4v) is 2.23. The molecule has 1 aromatic carbocycles. The van der Waals surface area contributed by atoms with E-state index in [-0.39, 0.29) is 17.1 Å². The van der Waals surface area contributed by atoms with Crippen LogP contribution < -0.4 is 0 Å². The summed E-state index contributed by atoms with van der Waals surface area (Å²) in [5, 5.41) is 28.6. The molecule has 0 saturated carbocycles. The average Bonchev–Trinajstić information content (AvgIpc) is 2.33. The number of hydrogen-bond donors (Lipinski definition) is 3. The minimum atomic E-state index is -1.17. The Balaban J connectivity index is 2.52. The number of carboxylic acid groups (broad SMARTS) is 1. The molecule has 1 aromatic rings. The molecule has 0 spiro atoms. The monoisotopic (exact) mass is 238 g/mol. The molecular formula is C12H14O5. The fourth-order valence-electron chi connectivity index (χ4n) is 2.23. The highest BCUT2D eigenvalue weighted by molar-refractivity contribution is 5.82. The number of aliphatic carboxylic acids is 1. The first-order valence-corrected chi connectivity index (χ1v) is 5.40. The van der Waals surface area contributed by atoms with Gasteiger partial charge in [0.05, 0.1) is 0 Å². The van der Waals surface area contributed by atoms with E-state index in [0.717, 1.165) is 0 Å². The first-order chi connectivity index (χ1) is 8.06. The molecule has 0 amide bonds. The van der Waals surface area contributed by atoms with E-state index in [0.29, 0.717) is 26.1 Å². The molecule has 1 aliphatic rings. The molecule has 1 saturated heterocycles. The lowest BCUT2D eigenvalue weighted by Gasteiger charge is -2.33. The second-order valence-corrected chi connectivity index (χ2v) is 4.20. The first-order valence-electron chi connectivity index (χ1n) is 5.40. The Hall–Kier alpha value is -1.75. The molecule has 0 bridgehead atoms. The third kappa shape index (κ3) is 1.93. The zero-order valence-electron chi connectivity index (χ0n) is 9.22. The van der Waals surface area contributed by atoms with Gasteiger partial charge in [0.1, 0.15) is 16.9 Å². The minimum absolute atomic E-state index is 0.0510. The lowest BCUT2D eigenvalue weighted by molar-refractivity contribution is -0.147. The van der Waals surface area contributed by atoms with Gasteiger partial charge < -0.3 is 20.1 Å². The molecular weight excluding hydrogens is 224 g/mol. The zero-order chi connectivity index (χ0) is 12.5. The number of ether oxygens (including phenoxy) is 1. The highest BCUT2D eigenvalue weighted by Gasteiger charge is 2.43. The summed E-state index contributed by atoms with van der Waals surface area (Å²) in [7, 11) is 0. The van der Waals surface area contributed by atoms with Crippen LogP contribution in [0.1, 0.15) is 18.4 Å². The maximum absolute atomic E-state index is 11.5. The summed E-state index contributed by atoms with van der Waals surface area (Å²) < 4.78 is 5.16. The van der Waals surface area contributed by atoms with Gasteiger partial charge in [-0.15, -0.1) is 0 Å². The van der Waals surface area contributed by atoms with Gasteiger partial charge in [-0.25, -0.2) is 0 Å². The fraction of sp³-hybridized carbons (Fsp3) is 0.417. The van der Waals surface area contributed by atoms with E-state index in [9.17, 15) is 20.1 Å². The van der Waals surface area contributed by atoms with Crippen molar-refractivity contribution in [3.05, 3.63) is 23.8 Å². The highest BCUT2D eigenvalue weighted by Crippen LogP contribution is 2.41. The van der Waals surface area contributed by atoms with Crippen LogP contribution in [0, 0.1) is 0 Å². The Labute approximate surface area is 98.3 Å². The number of carbonyl (C=O) groups is 1. The third-order valence-corrected chi connectivity index (χ3v) is 3.25. The summed E-state index contributed by atoms with van der Waals surface area (Å²) in [4.78, 5) is 11.5. The van der Waals surface area contributed by atoms with Crippen molar-refractivity contribution in [1.29, 1.82) is 0 Å². The molecule has 17 heavy (non-hydrogen) atoms. The topological polar surface area (TPSA) is 87.0 Å². The third-order valence-electron chi connectivity index (χ3n) is 3.25. The van der Waals surface area contributed by atoms with Gasteiger partial charge in [0.25, 0.3) is 0 Å². The molecule has 0 aromatic heterocycles. The summed E-state index contributed by atoms with van der Waals surface area (Å²) >= 11 is 0. The van der Waals surface area contributed by atoms with Crippen molar-refractivity contribution in [2.45, 2.75) is 18.3 Å². The van der Waals surface area contributed by atoms with Crippen LogP contribution in [0.25, 0.3) is 0 Å². The number of carboxylic acids is 1. The minimum Gasteiger partial charge on any atom is -0.508 e. The highest BCUT2D eigenvalue weighted by atomic mass is 16.5. The molecule has 1 heterocycles. The van der Waals surface area contributed by atoms with E-state index in [1.54, 1.807) is 0 Å². The SMILES string of the molecule is O=C(O)C1(c2cc(O)ccc2O)CCOCC1. The van der Waals surface area contributed by atoms with Crippen LogP contribution in [-0.4, -0.2) is 34.5 Å². The zero-order valence-corrected chi connectivity index (χ0v) is 9.22. The second-order valence-electron chi connectivity index (χ2n) is 4.20. The lowest BCUT2D eigenvalue weighted by Crippen LogP contribution is -2.41. The van der Waals surface area contributed by atoms with Crippen LogP contribution in [0.5, 0.6) is 11.5 Å². The molecule has 92 valence electrons. The van der Waals surface area contributed by atoms with Gasteiger partial charge in [-0.3, -0.25) is 4.79 Å². The van der Waals surface area contributed by atoms with Crippen molar-refractivity contribution in [1.82, 2.24) is 0 Å². The van der Waals surface area contributed by atoms with E-state index in [1.165, 1.54) is 18.2 Å². The van der Waals surface area contributed by atoms with Crippen LogP contribution in [0.4, 0.5) is 0 Å². The van der Waals surface area contributed by atoms with Crippen LogP contribution >= 0.6 is 0 Å². The van der Waals surface area contributed by atoms with Gasteiger partial charge in [-0.1, -0.05) is 0 Å². The Morgan fingerprint density at radius 3 is 2.47 bits per heavy atom. The molecule has 1 fully saturated rings. The summed E-state index contributed by atoms with van der Waals surface area (Å²) in [5.74, 6) is -1.15. The number of benzene rings is 1. The van der Waals surface area contributed by atoms with Crippen molar-refractivity contribution in [3.8, 4) is 11.5 Å². The van der Waals surface area contributed by atoms with Crippen molar-refractivity contribution in [2.24, 2.45) is 0 Å². The Bertz CT molecular complexity index is 435. The van der Waals surface area contributed by atoms with Gasteiger partial charge in [0, 0.05) is 18.8 Å². The van der Waals surface area contributed by atoms with Crippen LogP contribution in [0.15, 0.2) is 18.2 Å². The van der Waals surface area contributed by atoms with Gasteiger partial charge in [0.2, 0.25) is 0 Å². The predicted octanol–water partition coefficient (Wildman–Crippen LogP) is 1.23. The van der Waals surface area contributed by atoms with Crippen LogP contribution in [-0.2, 0) is 14.9 Å². The van der Waals surface area contributed by atoms with E-state index < -0.39 is 11.4 Å². The standard InChI is InChI=1S/C12H14O5/c13-8-1-2-10(14)9(7-8)12(11(15)16)3-5-17-6-4-12/h1-2,7,13-14H,3-6H2,(H,15,16). The molecule has 3 N–H and O–H groups in total. The van der Waals surface area contributed by atoms with E-state index >= 15 is 0 Å². The number of phenolic OH excluding ortho intramolecular Hbond substituents is 2. The smallest absolute Gasteiger partial charge is 0.314 e. The molecule has 0 aliphatic carbocycles.